The van der Waals surface area contributed by atoms with Gasteiger partial charge in [-0.1, -0.05) is 133 Å². The number of rotatable bonds is 3. The molecule has 0 aliphatic heterocycles. The maximum atomic E-state index is 5.13. The van der Waals surface area contributed by atoms with Gasteiger partial charge < -0.3 is 0 Å². The maximum Gasteiger partial charge on any atom is 0.220 e. The summed E-state index contributed by atoms with van der Waals surface area (Å²) >= 11 is 0. The molecule has 0 unspecified atom stereocenters. The van der Waals surface area contributed by atoms with Crippen molar-refractivity contribution in [2.75, 3.05) is 0 Å². The van der Waals surface area contributed by atoms with Gasteiger partial charge in [0.25, 0.3) is 0 Å². The molecule has 2 heterocycles. The second-order valence-corrected chi connectivity index (χ2v) is 13.1. The highest BCUT2D eigenvalue weighted by atomic mass is 15.2. The summed E-state index contributed by atoms with van der Waals surface area (Å²) < 4.78 is 4.58. The number of aromatic nitrogens is 3. The first-order valence-corrected chi connectivity index (χ1v) is 16.9. The second kappa shape index (κ2) is 10.0. The van der Waals surface area contributed by atoms with E-state index in [-0.39, 0.29) is 5.92 Å². The number of hydrogen-bond acceptors (Lipinski definition) is 1. The van der Waals surface area contributed by atoms with Gasteiger partial charge in [-0.2, -0.15) is 0 Å². The predicted octanol–water partition coefficient (Wildman–Crippen LogP) is 11.2. The third kappa shape index (κ3) is 3.64. The highest BCUT2D eigenvalue weighted by Gasteiger charge is 2.36. The van der Waals surface area contributed by atoms with Crippen LogP contribution in [0.1, 0.15) is 33.7 Å². The summed E-state index contributed by atoms with van der Waals surface area (Å²) in [6.07, 6.45) is 0. The molecule has 0 saturated heterocycles. The van der Waals surface area contributed by atoms with Gasteiger partial charge in [0.15, 0.2) is 0 Å². The fourth-order valence-corrected chi connectivity index (χ4v) is 8.62. The minimum atomic E-state index is 0.0872. The van der Waals surface area contributed by atoms with Crippen LogP contribution in [0.5, 0.6) is 0 Å². The molecule has 7 aromatic carbocycles. The lowest BCUT2D eigenvalue weighted by molar-refractivity contribution is 1.09. The van der Waals surface area contributed by atoms with Gasteiger partial charge in [0.05, 0.1) is 22.1 Å². The molecule has 0 radical (unpaired) electrons. The molecule has 0 amide bonds. The fourth-order valence-electron chi connectivity index (χ4n) is 8.62. The third-order valence-electron chi connectivity index (χ3n) is 10.6. The molecule has 3 heteroatoms. The van der Waals surface area contributed by atoms with Crippen LogP contribution in [0.25, 0.3) is 66.9 Å². The summed E-state index contributed by atoms with van der Waals surface area (Å²) in [5, 5.41) is 0. The van der Waals surface area contributed by atoms with Crippen molar-refractivity contribution >= 4 is 39.0 Å². The van der Waals surface area contributed by atoms with E-state index in [0.717, 1.165) is 33.5 Å². The van der Waals surface area contributed by atoms with Gasteiger partial charge in [-0.05, 0) is 97.6 Å². The molecule has 11 rings (SSSR count). The molecule has 9 aromatic rings. The zero-order valence-electron chi connectivity index (χ0n) is 26.6. The molecule has 0 bridgehead atoms. The number of nitrogens with zero attached hydrogens (tertiary/aromatic N) is 3. The van der Waals surface area contributed by atoms with Gasteiger partial charge in [-0.25, -0.2) is 4.98 Å². The van der Waals surface area contributed by atoms with Crippen LogP contribution in [0.2, 0.25) is 0 Å². The number of benzene rings is 7. The molecule has 0 atom stereocenters. The summed E-state index contributed by atoms with van der Waals surface area (Å²) in [4.78, 5) is 5.13. The molecule has 2 aliphatic carbocycles. The monoisotopic (exact) mass is 623 g/mol. The Labute approximate surface area is 283 Å². The van der Waals surface area contributed by atoms with E-state index in [1.54, 1.807) is 0 Å². The van der Waals surface area contributed by atoms with E-state index in [2.05, 4.69) is 179 Å². The van der Waals surface area contributed by atoms with Gasteiger partial charge >= 0.3 is 0 Å². The van der Waals surface area contributed by atoms with Crippen LogP contribution in [-0.2, 0) is 0 Å². The van der Waals surface area contributed by atoms with E-state index in [0.29, 0.717) is 0 Å². The Hall–Kier alpha value is -6.45. The summed E-state index contributed by atoms with van der Waals surface area (Å²) in [6, 6.07) is 62.0. The van der Waals surface area contributed by atoms with Crippen molar-refractivity contribution in [3.05, 3.63) is 198 Å². The van der Waals surface area contributed by atoms with Gasteiger partial charge in [0.2, 0.25) is 5.78 Å². The standard InChI is InChI=1S/C46H29N3/c1-5-17-35-31(13-1)32-14-2-6-18-36(32)44(35)43(45-37-19-7-3-15-33(37)34-16-4-8-20-38(34)45)29-25-27-30(28-26-29)48-41-23-11-12-24-42(41)49-40-22-10-9-21-39(40)47-46(48)49/h1-28,44H. The SMILES string of the molecule is c1ccc2c(c1)C(=C(c1ccc(-n3c4ccccc4n4c5ccccc5nc34)cc1)C1c3ccccc3-c3ccccc31)c1ccccc1-2. The summed E-state index contributed by atoms with van der Waals surface area (Å²) in [7, 11) is 0. The Kier molecular flexibility index (Phi) is 5.44. The van der Waals surface area contributed by atoms with Crippen molar-refractivity contribution in [3.8, 4) is 27.9 Å². The zero-order valence-corrected chi connectivity index (χ0v) is 26.6. The Morgan fingerprint density at radius 1 is 0.429 bits per heavy atom. The van der Waals surface area contributed by atoms with Crippen molar-refractivity contribution in [1.29, 1.82) is 0 Å². The average Bonchev–Trinajstić information content (AvgIpc) is 3.89. The Morgan fingerprint density at radius 2 is 0.918 bits per heavy atom. The van der Waals surface area contributed by atoms with Gasteiger partial charge in [0.1, 0.15) is 0 Å². The summed E-state index contributed by atoms with van der Waals surface area (Å²) in [6.45, 7) is 0. The Balaban J connectivity index is 1.19. The number of hydrogen-bond donors (Lipinski definition) is 0. The van der Waals surface area contributed by atoms with Crippen LogP contribution >= 0.6 is 0 Å². The van der Waals surface area contributed by atoms with E-state index in [9.17, 15) is 0 Å². The summed E-state index contributed by atoms with van der Waals surface area (Å²) in [5.74, 6) is 1.01. The lowest BCUT2D eigenvalue weighted by Gasteiger charge is -2.23. The van der Waals surface area contributed by atoms with Crippen molar-refractivity contribution in [3.63, 3.8) is 0 Å². The normalized spacial score (nSPS) is 13.2. The molecule has 2 aliphatic rings. The minimum Gasteiger partial charge on any atom is -0.278 e. The topological polar surface area (TPSA) is 22.2 Å². The fraction of sp³-hybridized carbons (Fsp3) is 0.0217. The zero-order chi connectivity index (χ0) is 32.1. The molecular formula is C46H29N3. The average molecular weight is 624 g/mol. The lowest BCUT2D eigenvalue weighted by atomic mass is 9.80. The highest BCUT2D eigenvalue weighted by molar-refractivity contribution is 6.13. The largest absolute Gasteiger partial charge is 0.278 e. The molecular weight excluding hydrogens is 595 g/mol. The smallest absolute Gasteiger partial charge is 0.220 e. The molecule has 49 heavy (non-hydrogen) atoms. The Bertz CT molecular complexity index is 2730. The van der Waals surface area contributed by atoms with Crippen molar-refractivity contribution in [2.45, 2.75) is 5.92 Å². The van der Waals surface area contributed by atoms with Crippen LogP contribution < -0.4 is 0 Å². The first-order valence-electron chi connectivity index (χ1n) is 16.9. The van der Waals surface area contributed by atoms with Gasteiger partial charge in [0, 0.05) is 11.6 Å². The molecule has 0 fully saturated rings. The van der Waals surface area contributed by atoms with Crippen molar-refractivity contribution in [1.82, 2.24) is 14.0 Å². The number of para-hydroxylation sites is 4. The maximum absolute atomic E-state index is 5.13. The van der Waals surface area contributed by atoms with Crippen LogP contribution in [-0.4, -0.2) is 14.0 Å². The van der Waals surface area contributed by atoms with Crippen LogP contribution in [0.4, 0.5) is 0 Å². The van der Waals surface area contributed by atoms with Gasteiger partial charge in [-0.3, -0.25) is 8.97 Å². The van der Waals surface area contributed by atoms with Crippen LogP contribution in [0.3, 0.4) is 0 Å². The second-order valence-electron chi connectivity index (χ2n) is 13.1. The molecule has 0 N–H and O–H groups in total. The Morgan fingerprint density at radius 3 is 1.55 bits per heavy atom. The lowest BCUT2D eigenvalue weighted by Crippen LogP contribution is -2.05. The van der Waals surface area contributed by atoms with Crippen LogP contribution in [0.15, 0.2) is 170 Å². The number of imidazole rings is 2. The van der Waals surface area contributed by atoms with E-state index in [1.807, 2.05) is 0 Å². The summed E-state index contributed by atoms with van der Waals surface area (Å²) in [5.41, 5.74) is 20.0. The minimum absolute atomic E-state index is 0.0872. The van der Waals surface area contributed by atoms with Crippen molar-refractivity contribution < 1.29 is 0 Å². The van der Waals surface area contributed by atoms with Gasteiger partial charge in [-0.15, -0.1) is 0 Å². The van der Waals surface area contributed by atoms with E-state index in [4.69, 9.17) is 4.98 Å². The number of allylic oxidation sites excluding steroid dienone is 1. The predicted molar refractivity (Wildman–Crippen MR) is 201 cm³/mol. The third-order valence-corrected chi connectivity index (χ3v) is 10.6. The molecule has 228 valence electrons. The number of fused-ring (bicyclic) bond motifs is 11. The van der Waals surface area contributed by atoms with E-state index >= 15 is 0 Å². The first kappa shape index (κ1) is 26.6. The first-order chi connectivity index (χ1) is 24.3. The molecule has 3 nitrogen and oxygen atoms in total. The van der Waals surface area contributed by atoms with Crippen LogP contribution in [0, 0.1) is 0 Å². The molecule has 0 spiro atoms. The van der Waals surface area contributed by atoms with Crippen molar-refractivity contribution in [2.24, 2.45) is 0 Å². The van der Waals surface area contributed by atoms with E-state index < -0.39 is 0 Å². The molecule has 2 aromatic heterocycles. The quantitative estimate of drug-likeness (QED) is 0.192. The van der Waals surface area contributed by atoms with E-state index in [1.165, 1.54) is 61.2 Å². The highest BCUT2D eigenvalue weighted by Crippen LogP contribution is 2.56. The molecule has 0 saturated carbocycles.